The van der Waals surface area contributed by atoms with Crippen molar-refractivity contribution in [2.75, 3.05) is 0 Å². The van der Waals surface area contributed by atoms with Crippen LogP contribution < -0.4 is 0 Å². The summed E-state index contributed by atoms with van der Waals surface area (Å²) in [6.45, 7) is 3.71. The van der Waals surface area contributed by atoms with E-state index in [1.807, 2.05) is 12.3 Å². The van der Waals surface area contributed by atoms with Crippen molar-refractivity contribution in [2.45, 2.75) is 51.9 Å². The molecule has 0 atom stereocenters. The van der Waals surface area contributed by atoms with E-state index in [2.05, 4.69) is 18.0 Å². The summed E-state index contributed by atoms with van der Waals surface area (Å²) in [5.74, 6) is 0.398. The minimum absolute atomic E-state index is 0.0538. The van der Waals surface area contributed by atoms with Gasteiger partial charge in [0.05, 0.1) is 5.69 Å². The fourth-order valence-electron chi connectivity index (χ4n) is 3.51. The summed E-state index contributed by atoms with van der Waals surface area (Å²) in [6.07, 6.45) is 8.16. The topological polar surface area (TPSA) is 12.9 Å². The van der Waals surface area contributed by atoms with E-state index in [-0.39, 0.29) is 5.56 Å². The molecule has 23 heavy (non-hydrogen) atoms. The van der Waals surface area contributed by atoms with Crippen molar-refractivity contribution in [1.82, 2.24) is 4.98 Å². The summed E-state index contributed by atoms with van der Waals surface area (Å²) in [4.78, 5) is 4.44. The Bertz CT molecular complexity index is 648. The molecule has 0 N–H and O–H groups in total. The van der Waals surface area contributed by atoms with E-state index < -0.39 is 11.6 Å². The number of aromatic nitrogens is 1. The van der Waals surface area contributed by atoms with Crippen LogP contribution in [-0.4, -0.2) is 4.98 Å². The molecule has 0 saturated heterocycles. The van der Waals surface area contributed by atoms with Gasteiger partial charge in [-0.15, -0.1) is 0 Å². The van der Waals surface area contributed by atoms with Gasteiger partial charge in [0, 0.05) is 17.3 Å². The number of rotatable bonds is 3. The van der Waals surface area contributed by atoms with E-state index in [9.17, 15) is 8.78 Å². The maximum absolute atomic E-state index is 13.7. The van der Waals surface area contributed by atoms with Crippen LogP contribution in [0.4, 0.5) is 8.78 Å². The lowest BCUT2D eigenvalue weighted by Gasteiger charge is -2.27. The van der Waals surface area contributed by atoms with Gasteiger partial charge in [0.15, 0.2) is 0 Å². The first-order valence-electron chi connectivity index (χ1n) is 8.50. The van der Waals surface area contributed by atoms with Gasteiger partial charge in [-0.1, -0.05) is 19.4 Å². The normalized spacial score (nSPS) is 21.4. The molecule has 0 radical (unpaired) electrons. The van der Waals surface area contributed by atoms with Crippen LogP contribution in [0.15, 0.2) is 30.5 Å². The minimum Gasteiger partial charge on any atom is -0.256 e. The Morgan fingerprint density at radius 3 is 2.22 bits per heavy atom. The lowest BCUT2D eigenvalue weighted by Crippen LogP contribution is -2.12. The predicted molar refractivity (Wildman–Crippen MR) is 89.3 cm³/mol. The first kappa shape index (κ1) is 16.1. The van der Waals surface area contributed by atoms with Gasteiger partial charge in [-0.25, -0.2) is 8.78 Å². The van der Waals surface area contributed by atoms with Gasteiger partial charge in [0.25, 0.3) is 0 Å². The standard InChI is InChI=1S/C20H23F2N/c1-3-14-4-6-15(7-5-14)16-8-9-20(23-12-16)17-10-18(21)13(2)19(22)11-17/h8-12,14-15H,3-7H2,1-2H3. The summed E-state index contributed by atoms with van der Waals surface area (Å²) in [5, 5.41) is 0. The van der Waals surface area contributed by atoms with Crippen LogP contribution in [-0.2, 0) is 0 Å². The third kappa shape index (κ3) is 3.44. The summed E-state index contributed by atoms with van der Waals surface area (Å²) in [6, 6.07) is 6.65. The fourth-order valence-corrected chi connectivity index (χ4v) is 3.51. The average Bonchev–Trinajstić information content (AvgIpc) is 2.59. The molecule has 0 spiro atoms. The molecule has 1 heterocycles. The molecule has 1 nitrogen and oxygen atoms in total. The monoisotopic (exact) mass is 315 g/mol. The molecule has 122 valence electrons. The molecule has 1 aliphatic rings. The van der Waals surface area contributed by atoms with E-state index in [0.29, 0.717) is 17.2 Å². The Hall–Kier alpha value is -1.77. The Balaban J connectivity index is 1.77. The van der Waals surface area contributed by atoms with Gasteiger partial charge in [-0.3, -0.25) is 4.98 Å². The zero-order chi connectivity index (χ0) is 16.4. The lowest BCUT2D eigenvalue weighted by molar-refractivity contribution is 0.318. The van der Waals surface area contributed by atoms with Crippen LogP contribution in [0.3, 0.4) is 0 Å². The van der Waals surface area contributed by atoms with Crippen molar-refractivity contribution in [3.8, 4) is 11.3 Å². The number of pyridine rings is 1. The van der Waals surface area contributed by atoms with Crippen molar-refractivity contribution in [3.63, 3.8) is 0 Å². The van der Waals surface area contributed by atoms with E-state index in [1.54, 1.807) is 0 Å². The molecule has 1 saturated carbocycles. The number of benzene rings is 1. The Morgan fingerprint density at radius 2 is 1.70 bits per heavy atom. The Morgan fingerprint density at radius 1 is 1.04 bits per heavy atom. The highest BCUT2D eigenvalue weighted by molar-refractivity contribution is 5.60. The quantitative estimate of drug-likeness (QED) is 0.675. The molecule has 0 amide bonds. The molecule has 0 unspecified atom stereocenters. The van der Waals surface area contributed by atoms with Crippen LogP contribution in [0.25, 0.3) is 11.3 Å². The van der Waals surface area contributed by atoms with Crippen molar-refractivity contribution >= 4 is 0 Å². The van der Waals surface area contributed by atoms with Gasteiger partial charge >= 0.3 is 0 Å². The highest BCUT2D eigenvalue weighted by atomic mass is 19.1. The second kappa shape index (κ2) is 6.77. The maximum Gasteiger partial charge on any atom is 0.129 e. The predicted octanol–water partition coefficient (Wildman–Crippen LogP) is 6.02. The van der Waals surface area contributed by atoms with E-state index >= 15 is 0 Å². The van der Waals surface area contributed by atoms with Crippen LogP contribution in [0, 0.1) is 24.5 Å². The summed E-state index contributed by atoms with van der Waals surface area (Å²) < 4.78 is 27.4. The van der Waals surface area contributed by atoms with Gasteiger partial charge in [-0.2, -0.15) is 0 Å². The smallest absolute Gasteiger partial charge is 0.129 e. The maximum atomic E-state index is 13.7. The largest absolute Gasteiger partial charge is 0.256 e. The molecular weight excluding hydrogens is 292 g/mol. The molecule has 3 heteroatoms. The van der Waals surface area contributed by atoms with Crippen molar-refractivity contribution < 1.29 is 8.78 Å². The van der Waals surface area contributed by atoms with E-state index in [4.69, 9.17) is 0 Å². The van der Waals surface area contributed by atoms with Crippen molar-refractivity contribution in [1.29, 1.82) is 0 Å². The van der Waals surface area contributed by atoms with Crippen LogP contribution >= 0.6 is 0 Å². The fraction of sp³-hybridized carbons (Fsp3) is 0.450. The van der Waals surface area contributed by atoms with E-state index in [0.717, 1.165) is 5.92 Å². The number of hydrogen-bond donors (Lipinski definition) is 0. The van der Waals surface area contributed by atoms with Gasteiger partial charge in [-0.05, 0) is 68.2 Å². The van der Waals surface area contributed by atoms with Crippen LogP contribution in [0.1, 0.15) is 56.1 Å². The first-order chi connectivity index (χ1) is 11.1. The van der Waals surface area contributed by atoms with Crippen molar-refractivity contribution in [2.24, 2.45) is 5.92 Å². The third-order valence-electron chi connectivity index (χ3n) is 5.26. The Kier molecular flexibility index (Phi) is 4.74. The van der Waals surface area contributed by atoms with Crippen LogP contribution in [0.2, 0.25) is 0 Å². The molecule has 1 aromatic carbocycles. The molecule has 2 aromatic rings. The molecular formula is C20H23F2N. The lowest BCUT2D eigenvalue weighted by atomic mass is 9.78. The number of hydrogen-bond acceptors (Lipinski definition) is 1. The second-order valence-corrected chi connectivity index (χ2v) is 6.67. The molecule has 1 aliphatic carbocycles. The second-order valence-electron chi connectivity index (χ2n) is 6.67. The van der Waals surface area contributed by atoms with Gasteiger partial charge in [0.2, 0.25) is 0 Å². The molecule has 0 aliphatic heterocycles. The van der Waals surface area contributed by atoms with E-state index in [1.165, 1.54) is 56.7 Å². The van der Waals surface area contributed by atoms with Gasteiger partial charge < -0.3 is 0 Å². The summed E-state index contributed by atoms with van der Waals surface area (Å²) in [5.41, 5.74) is 2.41. The highest BCUT2D eigenvalue weighted by Crippen LogP contribution is 2.37. The molecule has 1 aromatic heterocycles. The van der Waals surface area contributed by atoms with Crippen molar-refractivity contribution in [3.05, 3.63) is 53.2 Å². The molecule has 3 rings (SSSR count). The SMILES string of the molecule is CCC1CCC(c2ccc(-c3cc(F)c(C)c(F)c3)nc2)CC1. The summed E-state index contributed by atoms with van der Waals surface area (Å²) >= 11 is 0. The first-order valence-corrected chi connectivity index (χ1v) is 8.50. The zero-order valence-corrected chi connectivity index (χ0v) is 13.8. The number of halogens is 2. The minimum atomic E-state index is -0.524. The molecule has 0 bridgehead atoms. The highest BCUT2D eigenvalue weighted by Gasteiger charge is 2.21. The molecule has 1 fully saturated rings. The average molecular weight is 315 g/mol. The number of nitrogens with zero attached hydrogens (tertiary/aromatic N) is 1. The van der Waals surface area contributed by atoms with Gasteiger partial charge in [0.1, 0.15) is 11.6 Å². The Labute approximate surface area is 136 Å². The zero-order valence-electron chi connectivity index (χ0n) is 13.8. The summed E-state index contributed by atoms with van der Waals surface area (Å²) in [7, 11) is 0. The van der Waals surface area contributed by atoms with Crippen LogP contribution in [0.5, 0.6) is 0 Å². The third-order valence-corrected chi connectivity index (χ3v) is 5.26.